The predicted molar refractivity (Wildman–Crippen MR) is 111 cm³/mol. The van der Waals surface area contributed by atoms with E-state index in [1.807, 2.05) is 48.2 Å². The van der Waals surface area contributed by atoms with Gasteiger partial charge in [0.25, 0.3) is 11.8 Å². The van der Waals surface area contributed by atoms with Gasteiger partial charge in [-0.3, -0.25) is 9.59 Å². The summed E-state index contributed by atoms with van der Waals surface area (Å²) >= 11 is 0. The van der Waals surface area contributed by atoms with E-state index in [9.17, 15) is 9.59 Å². The molecule has 2 fully saturated rings. The van der Waals surface area contributed by atoms with E-state index in [1.54, 1.807) is 12.1 Å². The van der Waals surface area contributed by atoms with Crippen molar-refractivity contribution < 1.29 is 9.59 Å². The molecule has 2 amide bonds. The maximum Gasteiger partial charge on any atom is 0.255 e. The fraction of sp³-hybridized carbons (Fsp3) is 0.391. The van der Waals surface area contributed by atoms with E-state index in [-0.39, 0.29) is 11.8 Å². The SMILES string of the molecule is Cc1cccc(C(=O)Nc2ccccc2C(=O)N2CC[C@@H]3CNC[C@@H]3CC2)c1. The normalized spacial score (nSPS) is 21.7. The number of amides is 2. The number of hydrogen-bond donors (Lipinski definition) is 2. The van der Waals surface area contributed by atoms with Crippen LogP contribution in [0.15, 0.2) is 48.5 Å². The van der Waals surface area contributed by atoms with Gasteiger partial charge in [0.2, 0.25) is 0 Å². The van der Waals surface area contributed by atoms with E-state index in [2.05, 4.69) is 10.6 Å². The maximum absolute atomic E-state index is 13.2. The average molecular weight is 377 g/mol. The fourth-order valence-corrected chi connectivity index (χ4v) is 4.35. The van der Waals surface area contributed by atoms with Crippen molar-refractivity contribution >= 4 is 17.5 Å². The van der Waals surface area contributed by atoms with E-state index in [0.29, 0.717) is 28.7 Å². The fourth-order valence-electron chi connectivity index (χ4n) is 4.35. The van der Waals surface area contributed by atoms with Crippen LogP contribution in [0.25, 0.3) is 0 Å². The molecule has 0 aromatic heterocycles. The molecule has 0 unspecified atom stereocenters. The first-order chi connectivity index (χ1) is 13.6. The zero-order valence-corrected chi connectivity index (χ0v) is 16.3. The third-order valence-corrected chi connectivity index (χ3v) is 5.99. The number of rotatable bonds is 3. The highest BCUT2D eigenvalue weighted by Gasteiger charge is 2.32. The van der Waals surface area contributed by atoms with Crippen LogP contribution in [0.4, 0.5) is 5.69 Å². The lowest BCUT2D eigenvalue weighted by molar-refractivity contribution is 0.0759. The van der Waals surface area contributed by atoms with Gasteiger partial charge >= 0.3 is 0 Å². The maximum atomic E-state index is 13.2. The van der Waals surface area contributed by atoms with E-state index in [0.717, 1.165) is 44.6 Å². The molecule has 5 nitrogen and oxygen atoms in total. The van der Waals surface area contributed by atoms with Crippen molar-refractivity contribution in [3.8, 4) is 0 Å². The summed E-state index contributed by atoms with van der Waals surface area (Å²) in [5.74, 6) is 1.16. The van der Waals surface area contributed by atoms with Crippen LogP contribution in [0.3, 0.4) is 0 Å². The first kappa shape index (κ1) is 18.7. The molecule has 2 aromatic rings. The minimum atomic E-state index is -0.194. The van der Waals surface area contributed by atoms with Gasteiger partial charge in [-0.05, 0) is 69.0 Å². The average Bonchev–Trinajstić information content (AvgIpc) is 3.06. The second kappa shape index (κ2) is 8.15. The summed E-state index contributed by atoms with van der Waals surface area (Å²) in [6, 6.07) is 14.8. The first-order valence-corrected chi connectivity index (χ1v) is 10.1. The summed E-state index contributed by atoms with van der Waals surface area (Å²) in [4.78, 5) is 27.8. The van der Waals surface area contributed by atoms with Gasteiger partial charge in [0.15, 0.2) is 0 Å². The smallest absolute Gasteiger partial charge is 0.255 e. The Balaban J connectivity index is 1.50. The predicted octanol–water partition coefficient (Wildman–Crippen LogP) is 3.32. The molecule has 2 atom stereocenters. The molecule has 0 bridgehead atoms. The minimum absolute atomic E-state index is 0.00748. The van der Waals surface area contributed by atoms with Crippen molar-refractivity contribution in [3.63, 3.8) is 0 Å². The van der Waals surface area contributed by atoms with Crippen molar-refractivity contribution in [1.82, 2.24) is 10.2 Å². The van der Waals surface area contributed by atoms with E-state index >= 15 is 0 Å². The van der Waals surface area contributed by atoms with Crippen molar-refractivity contribution in [3.05, 3.63) is 65.2 Å². The van der Waals surface area contributed by atoms with Gasteiger partial charge in [-0.1, -0.05) is 29.8 Å². The molecule has 4 rings (SSSR count). The van der Waals surface area contributed by atoms with Crippen LogP contribution in [-0.4, -0.2) is 42.9 Å². The number of likely N-dealkylation sites (tertiary alicyclic amines) is 1. The quantitative estimate of drug-likeness (QED) is 0.863. The van der Waals surface area contributed by atoms with E-state index in [1.165, 1.54) is 0 Å². The first-order valence-electron chi connectivity index (χ1n) is 10.1. The summed E-state index contributed by atoms with van der Waals surface area (Å²) in [5.41, 5.74) is 2.76. The monoisotopic (exact) mass is 377 g/mol. The topological polar surface area (TPSA) is 61.4 Å². The number of hydrogen-bond acceptors (Lipinski definition) is 3. The van der Waals surface area contributed by atoms with Crippen molar-refractivity contribution in [1.29, 1.82) is 0 Å². The summed E-state index contributed by atoms with van der Waals surface area (Å²) in [7, 11) is 0. The Morgan fingerprint density at radius 3 is 2.43 bits per heavy atom. The van der Waals surface area contributed by atoms with Crippen molar-refractivity contribution in [2.45, 2.75) is 19.8 Å². The minimum Gasteiger partial charge on any atom is -0.339 e. The summed E-state index contributed by atoms with van der Waals surface area (Å²) in [5, 5.41) is 6.40. The second-order valence-electron chi connectivity index (χ2n) is 7.92. The molecule has 2 heterocycles. The summed E-state index contributed by atoms with van der Waals surface area (Å²) in [6.07, 6.45) is 2.09. The standard InChI is InChI=1S/C23H27N3O2/c1-16-5-4-6-17(13-16)22(27)25-21-8-3-2-7-20(21)23(28)26-11-9-18-14-24-15-19(18)10-12-26/h2-8,13,18-19,24H,9-12,14-15H2,1H3,(H,25,27)/t18-,19+. The molecule has 2 aromatic carbocycles. The van der Waals surface area contributed by atoms with Gasteiger partial charge < -0.3 is 15.5 Å². The molecule has 0 saturated carbocycles. The van der Waals surface area contributed by atoms with E-state index in [4.69, 9.17) is 0 Å². The molecule has 0 spiro atoms. The van der Waals surface area contributed by atoms with Crippen LogP contribution < -0.4 is 10.6 Å². The van der Waals surface area contributed by atoms with Crippen molar-refractivity contribution in [2.75, 3.05) is 31.5 Å². The Morgan fingerprint density at radius 2 is 1.71 bits per heavy atom. The lowest BCUT2D eigenvalue weighted by Crippen LogP contribution is -2.33. The molecule has 5 heteroatoms. The molecule has 2 saturated heterocycles. The molecule has 0 aliphatic carbocycles. The lowest BCUT2D eigenvalue weighted by Gasteiger charge is -2.22. The van der Waals surface area contributed by atoms with Crippen LogP contribution in [0.1, 0.15) is 39.1 Å². The Kier molecular flexibility index (Phi) is 5.44. The van der Waals surface area contributed by atoms with Gasteiger partial charge in [0, 0.05) is 18.7 Å². The lowest BCUT2D eigenvalue weighted by atomic mass is 9.92. The largest absolute Gasteiger partial charge is 0.339 e. The number of fused-ring (bicyclic) bond motifs is 1. The van der Waals surface area contributed by atoms with Crippen LogP contribution in [0, 0.1) is 18.8 Å². The number of benzene rings is 2. The molecular formula is C23H27N3O2. The summed E-state index contributed by atoms with van der Waals surface area (Å²) in [6.45, 7) is 5.65. The van der Waals surface area contributed by atoms with Gasteiger partial charge in [-0.25, -0.2) is 0 Å². The number of carbonyl (C=O) groups excluding carboxylic acids is 2. The van der Waals surface area contributed by atoms with Crippen LogP contribution in [0.5, 0.6) is 0 Å². The van der Waals surface area contributed by atoms with Gasteiger partial charge in [-0.15, -0.1) is 0 Å². The third-order valence-electron chi connectivity index (χ3n) is 5.99. The molecule has 2 aliphatic rings. The Bertz CT molecular complexity index is 866. The van der Waals surface area contributed by atoms with Gasteiger partial charge in [0.1, 0.15) is 0 Å². The number of nitrogens with zero attached hydrogens (tertiary/aromatic N) is 1. The Morgan fingerprint density at radius 1 is 1.00 bits per heavy atom. The number of carbonyl (C=O) groups is 2. The second-order valence-corrected chi connectivity index (χ2v) is 7.92. The van der Waals surface area contributed by atoms with Gasteiger partial charge in [-0.2, -0.15) is 0 Å². The molecule has 2 N–H and O–H groups in total. The zero-order chi connectivity index (χ0) is 19.5. The van der Waals surface area contributed by atoms with Crippen LogP contribution in [0.2, 0.25) is 0 Å². The Hall–Kier alpha value is -2.66. The molecule has 0 radical (unpaired) electrons. The summed E-state index contributed by atoms with van der Waals surface area (Å²) < 4.78 is 0. The molecule has 146 valence electrons. The third kappa shape index (κ3) is 3.94. The highest BCUT2D eigenvalue weighted by Crippen LogP contribution is 2.28. The highest BCUT2D eigenvalue weighted by molar-refractivity contribution is 6.09. The number of anilines is 1. The number of nitrogens with one attached hydrogen (secondary N) is 2. The van der Waals surface area contributed by atoms with Gasteiger partial charge in [0.05, 0.1) is 11.3 Å². The molecule has 2 aliphatic heterocycles. The molecular weight excluding hydrogens is 350 g/mol. The van der Waals surface area contributed by atoms with Crippen molar-refractivity contribution in [2.24, 2.45) is 11.8 Å². The number of para-hydroxylation sites is 1. The highest BCUT2D eigenvalue weighted by atomic mass is 16.2. The Labute approximate surface area is 166 Å². The van der Waals surface area contributed by atoms with E-state index < -0.39 is 0 Å². The number of aryl methyl sites for hydroxylation is 1. The molecule has 28 heavy (non-hydrogen) atoms. The van der Waals surface area contributed by atoms with Crippen LogP contribution in [-0.2, 0) is 0 Å². The van der Waals surface area contributed by atoms with Crippen LogP contribution >= 0.6 is 0 Å². The zero-order valence-electron chi connectivity index (χ0n) is 16.3.